The third kappa shape index (κ3) is 2.28. The zero-order valence-electron chi connectivity index (χ0n) is 10.3. The van der Waals surface area contributed by atoms with E-state index in [4.69, 9.17) is 0 Å². The van der Waals surface area contributed by atoms with Gasteiger partial charge in [-0.3, -0.25) is 4.57 Å². The lowest BCUT2D eigenvalue weighted by Gasteiger charge is -2.16. The number of alkyl halides is 2. The van der Waals surface area contributed by atoms with Crippen LogP contribution < -0.4 is 0 Å². The fourth-order valence-corrected chi connectivity index (χ4v) is 2.62. The summed E-state index contributed by atoms with van der Waals surface area (Å²) in [6.07, 6.45) is 8.64. The zero-order chi connectivity index (χ0) is 13.4. The first kappa shape index (κ1) is 12.3. The van der Waals surface area contributed by atoms with Gasteiger partial charge in [0.05, 0.1) is 12.6 Å². The molecule has 0 spiro atoms. The maximum atomic E-state index is 12.7. The summed E-state index contributed by atoms with van der Waals surface area (Å²) in [5.74, 6) is 0.317. The van der Waals surface area contributed by atoms with E-state index in [2.05, 4.69) is 4.98 Å². The number of nitrogens with zero attached hydrogens (tertiary/aromatic N) is 3. The van der Waals surface area contributed by atoms with E-state index in [1.165, 1.54) is 12.4 Å². The summed E-state index contributed by atoms with van der Waals surface area (Å²) < 4.78 is 28.1. The summed E-state index contributed by atoms with van der Waals surface area (Å²) in [4.78, 5) is 3.96. The van der Waals surface area contributed by atoms with Crippen LogP contribution in [0, 0.1) is 0 Å². The number of rotatable bonds is 3. The van der Waals surface area contributed by atoms with Gasteiger partial charge in [-0.25, -0.2) is 4.98 Å². The fraction of sp³-hybridized carbons (Fsp3) is 0.462. The third-order valence-corrected chi connectivity index (χ3v) is 3.56. The molecule has 0 bridgehead atoms. The van der Waals surface area contributed by atoms with E-state index in [1.54, 1.807) is 0 Å². The third-order valence-electron chi connectivity index (χ3n) is 3.56. The van der Waals surface area contributed by atoms with Crippen LogP contribution in [-0.4, -0.2) is 19.2 Å². The largest absolute Gasteiger partial charge is 0.388 e. The maximum Gasteiger partial charge on any atom is 0.319 e. The summed E-state index contributed by atoms with van der Waals surface area (Å²) in [7, 11) is 0. The Labute approximate surface area is 109 Å². The van der Waals surface area contributed by atoms with Gasteiger partial charge >= 0.3 is 6.55 Å². The van der Waals surface area contributed by atoms with Gasteiger partial charge in [-0.15, -0.1) is 0 Å². The highest BCUT2D eigenvalue weighted by molar-refractivity contribution is 5.29. The molecule has 0 fully saturated rings. The van der Waals surface area contributed by atoms with Crippen LogP contribution in [0.3, 0.4) is 0 Å². The number of hydrogen-bond acceptors (Lipinski definition) is 2. The second-order valence-corrected chi connectivity index (χ2v) is 4.85. The molecule has 1 aliphatic rings. The lowest BCUT2D eigenvalue weighted by Crippen LogP contribution is -2.07. The van der Waals surface area contributed by atoms with Crippen LogP contribution in [0.5, 0.6) is 0 Å². The number of aryl methyl sites for hydroxylation is 1. The molecule has 0 aliphatic heterocycles. The maximum absolute atomic E-state index is 12.7. The molecule has 2 aromatic heterocycles. The van der Waals surface area contributed by atoms with E-state index in [1.807, 2.05) is 17.0 Å². The molecular weight excluding hydrogens is 252 g/mol. The van der Waals surface area contributed by atoms with E-state index < -0.39 is 12.7 Å². The molecule has 1 N–H and O–H groups in total. The minimum atomic E-state index is -2.58. The lowest BCUT2D eigenvalue weighted by molar-refractivity contribution is 0.0667. The van der Waals surface area contributed by atoms with E-state index in [9.17, 15) is 13.9 Å². The van der Waals surface area contributed by atoms with Crippen LogP contribution in [0.1, 0.15) is 42.4 Å². The van der Waals surface area contributed by atoms with Crippen LogP contribution in [-0.2, 0) is 13.0 Å². The molecule has 1 unspecified atom stereocenters. The zero-order valence-corrected chi connectivity index (χ0v) is 10.3. The van der Waals surface area contributed by atoms with Crippen LogP contribution >= 0.6 is 0 Å². The van der Waals surface area contributed by atoms with Gasteiger partial charge in [-0.1, -0.05) is 0 Å². The Morgan fingerprint density at radius 1 is 1.42 bits per heavy atom. The van der Waals surface area contributed by atoms with Crippen LogP contribution in [0.25, 0.3) is 0 Å². The SMILES string of the molecule is OC1CCCc2cn(Cc3nccn3C(F)F)cc21. The predicted octanol–water partition coefficient (Wildman–Crippen LogP) is 2.50. The lowest BCUT2D eigenvalue weighted by atomic mass is 9.93. The normalized spacial score (nSPS) is 18.8. The molecule has 0 radical (unpaired) electrons. The van der Waals surface area contributed by atoms with Crippen molar-refractivity contribution in [3.05, 3.63) is 41.7 Å². The van der Waals surface area contributed by atoms with Gasteiger partial charge in [-0.2, -0.15) is 8.78 Å². The second-order valence-electron chi connectivity index (χ2n) is 4.85. The highest BCUT2D eigenvalue weighted by atomic mass is 19.3. The first-order valence-corrected chi connectivity index (χ1v) is 6.31. The molecule has 3 rings (SSSR count). The topological polar surface area (TPSA) is 43.0 Å². The summed E-state index contributed by atoms with van der Waals surface area (Å²) in [5.41, 5.74) is 2.02. The Morgan fingerprint density at radius 2 is 2.26 bits per heavy atom. The number of hydrogen-bond donors (Lipinski definition) is 1. The highest BCUT2D eigenvalue weighted by Gasteiger charge is 2.20. The number of aliphatic hydroxyl groups is 1. The van der Waals surface area contributed by atoms with Gasteiger partial charge in [0.15, 0.2) is 0 Å². The molecule has 2 aromatic rings. The summed E-state index contributed by atoms with van der Waals surface area (Å²) >= 11 is 0. The van der Waals surface area contributed by atoms with Gasteiger partial charge in [0, 0.05) is 30.4 Å². The Hall–Kier alpha value is -1.69. The van der Waals surface area contributed by atoms with Gasteiger partial charge in [0.25, 0.3) is 0 Å². The monoisotopic (exact) mass is 267 g/mol. The average molecular weight is 267 g/mol. The van der Waals surface area contributed by atoms with Crippen molar-refractivity contribution >= 4 is 0 Å². The van der Waals surface area contributed by atoms with E-state index in [0.717, 1.165) is 35.0 Å². The number of imidazole rings is 1. The number of aliphatic hydroxyl groups excluding tert-OH is 1. The van der Waals surface area contributed by atoms with Gasteiger partial charge in [0.1, 0.15) is 5.82 Å². The van der Waals surface area contributed by atoms with Crippen LogP contribution in [0.4, 0.5) is 8.78 Å². The molecule has 6 heteroatoms. The first-order chi connectivity index (χ1) is 9.15. The minimum Gasteiger partial charge on any atom is -0.388 e. The van der Waals surface area contributed by atoms with Crippen molar-refractivity contribution in [2.75, 3.05) is 0 Å². The summed E-state index contributed by atoms with van der Waals surface area (Å²) in [6.45, 7) is -2.29. The second kappa shape index (κ2) is 4.77. The molecule has 1 atom stereocenters. The van der Waals surface area contributed by atoms with Crippen LogP contribution in [0.2, 0.25) is 0 Å². The number of halogens is 2. The molecule has 0 aromatic carbocycles. The van der Waals surface area contributed by atoms with Gasteiger partial charge < -0.3 is 9.67 Å². The smallest absolute Gasteiger partial charge is 0.319 e. The van der Waals surface area contributed by atoms with E-state index in [0.29, 0.717) is 5.82 Å². The predicted molar refractivity (Wildman–Crippen MR) is 64.9 cm³/mol. The quantitative estimate of drug-likeness (QED) is 0.928. The van der Waals surface area contributed by atoms with Crippen molar-refractivity contribution in [3.8, 4) is 0 Å². The number of aromatic nitrogens is 3. The molecule has 4 nitrogen and oxygen atoms in total. The molecule has 2 heterocycles. The first-order valence-electron chi connectivity index (χ1n) is 6.31. The molecular formula is C13H15F2N3O. The minimum absolute atomic E-state index is 0.289. The van der Waals surface area contributed by atoms with Crippen LogP contribution in [0.15, 0.2) is 24.8 Å². The molecule has 1 aliphatic carbocycles. The molecule has 0 amide bonds. The molecule has 19 heavy (non-hydrogen) atoms. The standard InChI is InChI=1S/C13H15F2N3O/c14-13(15)18-5-4-16-12(18)8-17-6-9-2-1-3-11(19)10(9)7-17/h4-7,11,13,19H,1-3,8H2. The van der Waals surface area contributed by atoms with Gasteiger partial charge in [-0.05, 0) is 24.8 Å². The Balaban J connectivity index is 1.86. The molecule has 0 saturated heterocycles. The Morgan fingerprint density at radius 3 is 3.00 bits per heavy atom. The van der Waals surface area contributed by atoms with Gasteiger partial charge in [0.2, 0.25) is 0 Å². The van der Waals surface area contributed by atoms with E-state index in [-0.39, 0.29) is 6.54 Å². The van der Waals surface area contributed by atoms with Crippen molar-refractivity contribution in [1.29, 1.82) is 0 Å². The number of fused-ring (bicyclic) bond motifs is 1. The van der Waals surface area contributed by atoms with Crippen molar-refractivity contribution in [1.82, 2.24) is 14.1 Å². The van der Waals surface area contributed by atoms with Crippen molar-refractivity contribution < 1.29 is 13.9 Å². The van der Waals surface area contributed by atoms with Crippen molar-refractivity contribution in [3.63, 3.8) is 0 Å². The van der Waals surface area contributed by atoms with E-state index >= 15 is 0 Å². The Bertz CT molecular complexity index is 576. The van der Waals surface area contributed by atoms with Crippen molar-refractivity contribution in [2.24, 2.45) is 0 Å². The molecule has 0 saturated carbocycles. The molecule has 102 valence electrons. The fourth-order valence-electron chi connectivity index (χ4n) is 2.62. The summed E-state index contributed by atoms with van der Waals surface area (Å²) in [5, 5.41) is 9.89. The Kier molecular flexibility index (Phi) is 3.10. The summed E-state index contributed by atoms with van der Waals surface area (Å²) in [6, 6.07) is 0. The highest BCUT2D eigenvalue weighted by Crippen LogP contribution is 2.30. The average Bonchev–Trinajstić information content (AvgIpc) is 2.96. The van der Waals surface area contributed by atoms with Crippen molar-refractivity contribution in [2.45, 2.75) is 38.5 Å².